The molecule has 0 bridgehead atoms. The van der Waals surface area contributed by atoms with Crippen LogP contribution < -0.4 is 15.4 Å². The highest BCUT2D eigenvalue weighted by atomic mass is 32.1. The molecule has 1 aromatic carbocycles. The molecule has 26 heavy (non-hydrogen) atoms. The highest BCUT2D eigenvalue weighted by molar-refractivity contribution is 7.10. The van der Waals surface area contributed by atoms with Crippen LogP contribution in [0.25, 0.3) is 0 Å². The van der Waals surface area contributed by atoms with Crippen LogP contribution in [-0.2, 0) is 22.4 Å². The first-order valence-electron chi connectivity index (χ1n) is 8.71. The Morgan fingerprint density at radius 3 is 2.73 bits per heavy atom. The Morgan fingerprint density at radius 2 is 2.12 bits per heavy atom. The molecule has 0 saturated heterocycles. The van der Waals surface area contributed by atoms with E-state index in [1.54, 1.807) is 7.11 Å². The molecule has 1 atom stereocenters. The number of thiophene rings is 1. The standard InChI is InChI=1S/C20H26N2O3S/c1-14(2)11-16-7-6-15(12-17(16)25-3)8-9-21-20(24)19(22-13-23)18-5-4-10-26-18/h4-7,10,12-14,19H,8-9,11H2,1-3H3,(H,21,24)(H,22,23). The molecule has 0 saturated carbocycles. The van der Waals surface area contributed by atoms with Gasteiger partial charge in [0.2, 0.25) is 12.3 Å². The first kappa shape index (κ1) is 20.0. The van der Waals surface area contributed by atoms with Gasteiger partial charge >= 0.3 is 0 Å². The van der Waals surface area contributed by atoms with Crippen LogP contribution in [0.2, 0.25) is 0 Å². The SMILES string of the molecule is COc1cc(CCNC(=O)C(NC=O)c2cccs2)ccc1CC(C)C. The molecule has 2 aromatic rings. The molecule has 2 amide bonds. The maximum Gasteiger partial charge on any atom is 0.248 e. The van der Waals surface area contributed by atoms with Crippen molar-refractivity contribution in [1.29, 1.82) is 0 Å². The zero-order valence-electron chi connectivity index (χ0n) is 15.5. The number of hydrogen-bond donors (Lipinski definition) is 2. The molecule has 2 N–H and O–H groups in total. The van der Waals surface area contributed by atoms with E-state index in [2.05, 4.69) is 36.6 Å². The van der Waals surface area contributed by atoms with E-state index in [0.717, 1.165) is 22.6 Å². The summed E-state index contributed by atoms with van der Waals surface area (Å²) in [7, 11) is 1.68. The van der Waals surface area contributed by atoms with Crippen molar-refractivity contribution in [1.82, 2.24) is 10.6 Å². The Labute approximate surface area is 158 Å². The summed E-state index contributed by atoms with van der Waals surface area (Å²) in [5, 5.41) is 7.35. The van der Waals surface area contributed by atoms with Crippen LogP contribution in [0.1, 0.15) is 35.9 Å². The van der Waals surface area contributed by atoms with Crippen LogP contribution >= 0.6 is 11.3 Å². The minimum absolute atomic E-state index is 0.206. The van der Waals surface area contributed by atoms with Crippen molar-refractivity contribution in [3.63, 3.8) is 0 Å². The van der Waals surface area contributed by atoms with Gasteiger partial charge in [-0.25, -0.2) is 0 Å². The summed E-state index contributed by atoms with van der Waals surface area (Å²) in [5.41, 5.74) is 2.30. The number of rotatable bonds is 10. The number of carbonyl (C=O) groups is 2. The van der Waals surface area contributed by atoms with Crippen molar-refractivity contribution < 1.29 is 14.3 Å². The molecule has 6 heteroatoms. The number of hydrogen-bond acceptors (Lipinski definition) is 4. The predicted molar refractivity (Wildman–Crippen MR) is 105 cm³/mol. The van der Waals surface area contributed by atoms with Crippen molar-refractivity contribution >= 4 is 23.7 Å². The van der Waals surface area contributed by atoms with Crippen LogP contribution in [0, 0.1) is 5.92 Å². The van der Waals surface area contributed by atoms with Gasteiger partial charge in [0.15, 0.2) is 0 Å². The van der Waals surface area contributed by atoms with Gasteiger partial charge in [0.05, 0.1) is 7.11 Å². The fourth-order valence-electron chi connectivity index (χ4n) is 2.80. The molecular weight excluding hydrogens is 348 g/mol. The lowest BCUT2D eigenvalue weighted by molar-refractivity contribution is -0.125. The number of benzene rings is 1. The normalized spacial score (nSPS) is 11.8. The molecule has 5 nitrogen and oxygen atoms in total. The van der Waals surface area contributed by atoms with Gasteiger partial charge in [-0.3, -0.25) is 9.59 Å². The second-order valence-corrected chi connectivity index (χ2v) is 7.50. The van der Waals surface area contributed by atoms with Gasteiger partial charge in [0.25, 0.3) is 0 Å². The molecule has 0 aliphatic heterocycles. The first-order valence-corrected chi connectivity index (χ1v) is 9.59. The summed E-state index contributed by atoms with van der Waals surface area (Å²) in [5.74, 6) is 1.25. The van der Waals surface area contributed by atoms with E-state index in [1.165, 1.54) is 16.9 Å². The number of nitrogens with one attached hydrogen (secondary N) is 2. The average Bonchev–Trinajstić information content (AvgIpc) is 3.14. The largest absolute Gasteiger partial charge is 0.496 e. The Bertz CT molecular complexity index is 714. The maximum absolute atomic E-state index is 12.4. The second-order valence-electron chi connectivity index (χ2n) is 6.52. The van der Waals surface area contributed by atoms with E-state index in [1.807, 2.05) is 23.6 Å². The lowest BCUT2D eigenvalue weighted by atomic mass is 9.99. The van der Waals surface area contributed by atoms with Gasteiger partial charge in [-0.1, -0.05) is 32.0 Å². The van der Waals surface area contributed by atoms with Crippen molar-refractivity contribution in [2.45, 2.75) is 32.7 Å². The number of methoxy groups -OCH3 is 1. The molecule has 0 aliphatic carbocycles. The molecule has 0 aliphatic rings. The maximum atomic E-state index is 12.4. The third-order valence-electron chi connectivity index (χ3n) is 4.02. The van der Waals surface area contributed by atoms with E-state index >= 15 is 0 Å². The monoisotopic (exact) mass is 374 g/mol. The average molecular weight is 375 g/mol. The van der Waals surface area contributed by atoms with Gasteiger partial charge in [0.1, 0.15) is 11.8 Å². The lowest BCUT2D eigenvalue weighted by Crippen LogP contribution is -2.37. The van der Waals surface area contributed by atoms with Crippen molar-refractivity contribution in [2.75, 3.05) is 13.7 Å². The van der Waals surface area contributed by atoms with Crippen LogP contribution in [0.5, 0.6) is 5.75 Å². The first-order chi connectivity index (χ1) is 12.5. The van der Waals surface area contributed by atoms with Gasteiger partial charge < -0.3 is 15.4 Å². The van der Waals surface area contributed by atoms with Crippen LogP contribution in [0.3, 0.4) is 0 Å². The van der Waals surface area contributed by atoms with Crippen LogP contribution in [0.15, 0.2) is 35.7 Å². The topological polar surface area (TPSA) is 67.4 Å². The zero-order valence-corrected chi connectivity index (χ0v) is 16.3. The number of amides is 2. The molecule has 0 fully saturated rings. The lowest BCUT2D eigenvalue weighted by Gasteiger charge is -2.15. The van der Waals surface area contributed by atoms with Crippen molar-refractivity contribution in [3.05, 3.63) is 51.7 Å². The summed E-state index contributed by atoms with van der Waals surface area (Å²) in [6, 6.07) is 9.26. The second kappa shape index (κ2) is 9.97. The van der Waals surface area contributed by atoms with Gasteiger partial charge in [0, 0.05) is 11.4 Å². The summed E-state index contributed by atoms with van der Waals surface area (Å²) >= 11 is 1.44. The molecule has 2 rings (SSSR count). The van der Waals surface area contributed by atoms with Crippen molar-refractivity contribution in [3.8, 4) is 5.75 Å². The number of carbonyl (C=O) groups excluding carboxylic acids is 2. The van der Waals surface area contributed by atoms with Gasteiger partial charge in [-0.15, -0.1) is 11.3 Å². The Balaban J connectivity index is 1.94. The third kappa shape index (κ3) is 5.59. The van der Waals surface area contributed by atoms with E-state index in [9.17, 15) is 9.59 Å². The third-order valence-corrected chi connectivity index (χ3v) is 4.95. The minimum atomic E-state index is -0.643. The number of ether oxygens (including phenoxy) is 1. The van der Waals surface area contributed by atoms with E-state index < -0.39 is 6.04 Å². The van der Waals surface area contributed by atoms with E-state index in [4.69, 9.17) is 4.74 Å². The summed E-state index contributed by atoms with van der Waals surface area (Å²) < 4.78 is 5.50. The Morgan fingerprint density at radius 1 is 1.31 bits per heavy atom. The molecule has 0 radical (unpaired) electrons. The van der Waals surface area contributed by atoms with Gasteiger partial charge in [-0.2, -0.15) is 0 Å². The van der Waals surface area contributed by atoms with Crippen molar-refractivity contribution in [2.24, 2.45) is 5.92 Å². The molecule has 1 aromatic heterocycles. The van der Waals surface area contributed by atoms with E-state index in [-0.39, 0.29) is 5.91 Å². The molecule has 0 spiro atoms. The van der Waals surface area contributed by atoms with Gasteiger partial charge in [-0.05, 0) is 47.4 Å². The zero-order chi connectivity index (χ0) is 18.9. The summed E-state index contributed by atoms with van der Waals surface area (Å²) in [6.07, 6.45) is 2.23. The molecule has 1 unspecified atom stereocenters. The summed E-state index contributed by atoms with van der Waals surface area (Å²) in [4.78, 5) is 24.0. The molecular formula is C20H26N2O3S. The van der Waals surface area contributed by atoms with Crippen LogP contribution in [-0.4, -0.2) is 26.0 Å². The molecule has 1 heterocycles. The summed E-state index contributed by atoms with van der Waals surface area (Å²) in [6.45, 7) is 4.86. The quantitative estimate of drug-likeness (QED) is 0.628. The highest BCUT2D eigenvalue weighted by Gasteiger charge is 2.20. The fraction of sp³-hybridized carbons (Fsp3) is 0.400. The Hall–Kier alpha value is -2.34. The minimum Gasteiger partial charge on any atom is -0.496 e. The van der Waals surface area contributed by atoms with E-state index in [0.29, 0.717) is 25.3 Å². The van der Waals surface area contributed by atoms with Crippen LogP contribution in [0.4, 0.5) is 0 Å². The fourth-order valence-corrected chi connectivity index (χ4v) is 3.58. The molecule has 140 valence electrons. The highest BCUT2D eigenvalue weighted by Crippen LogP contribution is 2.23. The predicted octanol–water partition coefficient (Wildman–Crippen LogP) is 3.10. The smallest absolute Gasteiger partial charge is 0.248 e. The Kier molecular flexibility index (Phi) is 7.66.